The number of ether oxygens (including phenoxy) is 2. The minimum atomic E-state index is -0.698. The van der Waals surface area contributed by atoms with E-state index >= 15 is 0 Å². The fraction of sp³-hybridized carbons (Fsp3) is 0.917. The van der Waals surface area contributed by atoms with E-state index in [0.29, 0.717) is 32.1 Å². The van der Waals surface area contributed by atoms with Gasteiger partial charge in [-0.25, -0.2) is 0 Å². The van der Waals surface area contributed by atoms with E-state index in [1.807, 2.05) is 62.3 Å². The van der Waals surface area contributed by atoms with Gasteiger partial charge in [-0.1, -0.05) is 6.92 Å². The molecule has 0 radical (unpaired) electrons. The van der Waals surface area contributed by atoms with E-state index in [1.54, 1.807) is 0 Å². The van der Waals surface area contributed by atoms with Crippen LogP contribution in [0.2, 0.25) is 0 Å². The molecule has 0 spiro atoms. The van der Waals surface area contributed by atoms with Crippen molar-refractivity contribution in [3.05, 3.63) is 0 Å². The number of hydrogen-bond donors (Lipinski definition) is 2. The summed E-state index contributed by atoms with van der Waals surface area (Å²) in [6.07, 6.45) is 2.65. The molecule has 0 saturated carbocycles. The molecule has 8 nitrogen and oxygen atoms in total. The molecule has 0 aliphatic carbocycles. The second kappa shape index (κ2) is 9.20. The van der Waals surface area contributed by atoms with Crippen LogP contribution in [0.25, 0.3) is 0 Å². The van der Waals surface area contributed by atoms with Crippen LogP contribution in [0.15, 0.2) is 0 Å². The Morgan fingerprint density at radius 1 is 0.875 bits per heavy atom. The molecule has 2 heterocycles. The van der Waals surface area contributed by atoms with Gasteiger partial charge in [0.25, 0.3) is 0 Å². The molecule has 0 aromatic rings. The molecule has 2 unspecified atom stereocenters. The van der Waals surface area contributed by atoms with Crippen LogP contribution in [0.1, 0.15) is 94.4 Å². The summed E-state index contributed by atoms with van der Waals surface area (Å²) < 4.78 is 11.3. The maximum Gasteiger partial charge on any atom is 0.311 e. The minimum Gasteiger partial charge on any atom is -0.465 e. The van der Waals surface area contributed by atoms with E-state index in [4.69, 9.17) is 9.47 Å². The lowest BCUT2D eigenvalue weighted by Crippen LogP contribution is -2.48. The van der Waals surface area contributed by atoms with Gasteiger partial charge in [-0.3, -0.25) is 9.59 Å². The molecule has 3 atom stereocenters. The Balaban J connectivity index is 1.84. The molecule has 2 N–H and O–H groups in total. The first-order chi connectivity index (χ1) is 14.5. The molecule has 0 amide bonds. The van der Waals surface area contributed by atoms with Crippen molar-refractivity contribution in [2.75, 3.05) is 6.61 Å². The SMILES string of the molecule is CCC(CCCOC(=O)C1CC(C)(C)N(O)C1(C)C)OC(=O)[C@@H]1CC(C)(C)N(O)C1(C)C. The molecular formula is C24H44N2O6. The quantitative estimate of drug-likeness (QED) is 0.415. The summed E-state index contributed by atoms with van der Waals surface area (Å²) in [5.41, 5.74) is -2.36. The largest absolute Gasteiger partial charge is 0.465 e. The van der Waals surface area contributed by atoms with E-state index < -0.39 is 34.0 Å². The van der Waals surface area contributed by atoms with Gasteiger partial charge in [0, 0.05) is 11.1 Å². The second-order valence-corrected chi connectivity index (χ2v) is 11.8. The molecule has 2 rings (SSSR count). The van der Waals surface area contributed by atoms with Gasteiger partial charge in [0.15, 0.2) is 0 Å². The van der Waals surface area contributed by atoms with Crippen molar-refractivity contribution in [2.24, 2.45) is 11.8 Å². The lowest BCUT2D eigenvalue weighted by atomic mass is 9.87. The van der Waals surface area contributed by atoms with Gasteiger partial charge in [-0.15, -0.1) is 0 Å². The van der Waals surface area contributed by atoms with Gasteiger partial charge in [-0.2, -0.15) is 10.1 Å². The topological polar surface area (TPSA) is 99.5 Å². The van der Waals surface area contributed by atoms with Crippen molar-refractivity contribution in [3.63, 3.8) is 0 Å². The van der Waals surface area contributed by atoms with Crippen molar-refractivity contribution in [3.8, 4) is 0 Å². The zero-order chi connectivity index (χ0) is 24.7. The van der Waals surface area contributed by atoms with Gasteiger partial charge in [-0.05, 0) is 87.5 Å². The molecule has 32 heavy (non-hydrogen) atoms. The van der Waals surface area contributed by atoms with Crippen LogP contribution in [0.3, 0.4) is 0 Å². The number of hydrogen-bond acceptors (Lipinski definition) is 8. The van der Waals surface area contributed by atoms with E-state index in [-0.39, 0.29) is 24.6 Å². The van der Waals surface area contributed by atoms with Crippen molar-refractivity contribution < 1.29 is 29.5 Å². The van der Waals surface area contributed by atoms with Crippen LogP contribution in [-0.2, 0) is 19.1 Å². The third-order valence-electron chi connectivity index (χ3n) is 7.57. The number of rotatable bonds is 8. The highest BCUT2D eigenvalue weighted by molar-refractivity contribution is 5.75. The molecule has 8 heteroatoms. The molecule has 0 aromatic carbocycles. The highest BCUT2D eigenvalue weighted by Gasteiger charge is 2.56. The fourth-order valence-electron chi connectivity index (χ4n) is 5.45. The standard InChI is InChI=1S/C24H44N2O6/c1-10-16(32-20(28)18-15-22(4,5)26(30)24(18,8)9)12-11-13-31-19(27)17-14-21(2,3)25(29)23(17,6)7/h16-18,29-30H,10-15H2,1-9H3/t16?,17?,18-/m0/s1. The Morgan fingerprint density at radius 3 is 1.69 bits per heavy atom. The van der Waals surface area contributed by atoms with Gasteiger partial charge < -0.3 is 19.9 Å². The third-order valence-corrected chi connectivity index (χ3v) is 7.57. The zero-order valence-corrected chi connectivity index (χ0v) is 21.4. The van der Waals surface area contributed by atoms with Crippen LogP contribution >= 0.6 is 0 Å². The van der Waals surface area contributed by atoms with Crippen molar-refractivity contribution in [1.29, 1.82) is 0 Å². The Labute approximate surface area is 193 Å². The van der Waals surface area contributed by atoms with Crippen LogP contribution in [0.4, 0.5) is 0 Å². The average Bonchev–Trinajstić information content (AvgIpc) is 2.96. The molecule has 2 aliphatic heterocycles. The van der Waals surface area contributed by atoms with Crippen molar-refractivity contribution >= 4 is 11.9 Å². The first-order valence-electron chi connectivity index (χ1n) is 11.8. The van der Waals surface area contributed by atoms with Crippen LogP contribution in [0.5, 0.6) is 0 Å². The Bertz CT molecular complexity index is 703. The summed E-state index contributed by atoms with van der Waals surface area (Å²) in [4.78, 5) is 25.5. The van der Waals surface area contributed by atoms with Gasteiger partial charge in [0.2, 0.25) is 0 Å². The highest BCUT2D eigenvalue weighted by atomic mass is 16.6. The molecule has 0 bridgehead atoms. The smallest absolute Gasteiger partial charge is 0.311 e. The predicted molar refractivity (Wildman–Crippen MR) is 120 cm³/mol. The van der Waals surface area contributed by atoms with E-state index in [9.17, 15) is 20.0 Å². The maximum atomic E-state index is 12.9. The number of carbonyl (C=O) groups excluding carboxylic acids is 2. The van der Waals surface area contributed by atoms with Gasteiger partial charge in [0.05, 0.1) is 29.5 Å². The first-order valence-corrected chi connectivity index (χ1v) is 11.8. The summed E-state index contributed by atoms with van der Waals surface area (Å²) in [5, 5.41) is 23.4. The molecular weight excluding hydrogens is 412 g/mol. The third kappa shape index (κ3) is 5.13. The van der Waals surface area contributed by atoms with E-state index in [1.165, 1.54) is 10.1 Å². The first kappa shape index (κ1) is 27.0. The Hall–Kier alpha value is -1.22. The molecule has 2 fully saturated rings. The Morgan fingerprint density at radius 2 is 1.31 bits per heavy atom. The monoisotopic (exact) mass is 456 g/mol. The summed E-state index contributed by atoms with van der Waals surface area (Å²) >= 11 is 0. The zero-order valence-electron chi connectivity index (χ0n) is 21.4. The number of carbonyl (C=O) groups is 2. The molecule has 2 saturated heterocycles. The number of hydroxylamine groups is 4. The van der Waals surface area contributed by atoms with Crippen molar-refractivity contribution in [1.82, 2.24) is 10.1 Å². The van der Waals surface area contributed by atoms with Crippen molar-refractivity contribution in [2.45, 2.75) is 123 Å². The van der Waals surface area contributed by atoms with Crippen LogP contribution in [-0.4, -0.2) is 67.3 Å². The number of esters is 2. The summed E-state index contributed by atoms with van der Waals surface area (Å²) in [6, 6.07) is 0. The lowest BCUT2D eigenvalue weighted by molar-refractivity contribution is -0.201. The maximum absolute atomic E-state index is 12.9. The predicted octanol–water partition coefficient (Wildman–Crippen LogP) is 4.17. The fourth-order valence-corrected chi connectivity index (χ4v) is 5.45. The van der Waals surface area contributed by atoms with Gasteiger partial charge in [0.1, 0.15) is 6.10 Å². The summed E-state index contributed by atoms with van der Waals surface area (Å²) in [7, 11) is 0. The minimum absolute atomic E-state index is 0.248. The summed E-state index contributed by atoms with van der Waals surface area (Å²) in [5.74, 6) is -1.41. The molecule has 2 aliphatic rings. The van der Waals surface area contributed by atoms with Crippen LogP contribution < -0.4 is 0 Å². The number of nitrogens with zero attached hydrogens (tertiary/aromatic N) is 2. The summed E-state index contributed by atoms with van der Waals surface area (Å²) in [6.45, 7) is 17.3. The molecule has 186 valence electrons. The average molecular weight is 457 g/mol. The molecule has 0 aromatic heterocycles. The van der Waals surface area contributed by atoms with E-state index in [0.717, 1.165) is 0 Å². The van der Waals surface area contributed by atoms with E-state index in [2.05, 4.69) is 0 Å². The highest BCUT2D eigenvalue weighted by Crippen LogP contribution is 2.45. The Kier molecular flexibility index (Phi) is 7.77. The normalized spacial score (nSPS) is 29.6. The van der Waals surface area contributed by atoms with Crippen LogP contribution in [0, 0.1) is 11.8 Å². The van der Waals surface area contributed by atoms with Gasteiger partial charge >= 0.3 is 11.9 Å². The second-order valence-electron chi connectivity index (χ2n) is 11.8. The lowest BCUT2D eigenvalue weighted by Gasteiger charge is -2.35.